The second kappa shape index (κ2) is 4.23. The summed E-state index contributed by atoms with van der Waals surface area (Å²) in [7, 11) is 0. The molecule has 2 N–H and O–H groups in total. The van der Waals surface area contributed by atoms with Gasteiger partial charge in [-0.2, -0.15) is 0 Å². The van der Waals surface area contributed by atoms with E-state index in [2.05, 4.69) is 5.92 Å². The average molecular weight is 245 g/mol. The molecule has 1 fully saturated rings. The number of rotatable bonds is 1. The fraction of sp³-hybridized carbons (Fsp3) is 0. The van der Waals surface area contributed by atoms with Crippen molar-refractivity contribution in [3.63, 3.8) is 0 Å². The summed E-state index contributed by atoms with van der Waals surface area (Å²) in [5, 5.41) is 3.95. The molecule has 0 aromatic carbocycles. The molecule has 1 aliphatic rings. The molecule has 1 saturated heterocycles. The first-order valence-electron chi connectivity index (χ1n) is 4.51. The lowest BCUT2D eigenvalue weighted by Crippen LogP contribution is -2.51. The van der Waals surface area contributed by atoms with Gasteiger partial charge < -0.3 is 6.42 Å². The van der Waals surface area contributed by atoms with Crippen molar-refractivity contribution in [3.05, 3.63) is 33.9 Å². The number of carbonyl (C=O) groups is 3. The summed E-state index contributed by atoms with van der Waals surface area (Å²) >= 11 is 1.21. The van der Waals surface area contributed by atoms with E-state index in [1.807, 2.05) is 10.6 Å². The highest BCUT2D eigenvalue weighted by Crippen LogP contribution is 2.19. The molecule has 0 saturated carbocycles. The molecule has 4 amide bonds. The third-order valence-electron chi connectivity index (χ3n) is 1.98. The topological polar surface area (TPSA) is 75.3 Å². The first kappa shape index (κ1) is 11.1. The van der Waals surface area contributed by atoms with Crippen LogP contribution in [0.3, 0.4) is 0 Å². The summed E-state index contributed by atoms with van der Waals surface area (Å²) in [5.74, 6) is 0.740. The molecule has 0 radical (unpaired) electrons. The summed E-state index contributed by atoms with van der Waals surface area (Å²) in [6, 6.07) is 2.48. The zero-order valence-electron chi connectivity index (χ0n) is 8.37. The largest absolute Gasteiger partial charge is 0.365 e. The Morgan fingerprint density at radius 3 is 2.35 bits per heavy atom. The molecule has 1 aromatic heterocycles. The molecular formula is C11H5N2O3S-. The molecule has 0 bridgehead atoms. The van der Waals surface area contributed by atoms with Gasteiger partial charge in [-0.3, -0.25) is 26.1 Å². The van der Waals surface area contributed by atoms with Gasteiger partial charge in [0.1, 0.15) is 5.57 Å². The van der Waals surface area contributed by atoms with Crippen molar-refractivity contribution < 1.29 is 14.4 Å². The number of imide groups is 2. The number of hydrogen-bond donors (Lipinski definition) is 2. The predicted octanol–water partition coefficient (Wildman–Crippen LogP) is 0.435. The molecule has 0 spiro atoms. The molecule has 0 aliphatic carbocycles. The van der Waals surface area contributed by atoms with Crippen molar-refractivity contribution >= 4 is 35.3 Å². The van der Waals surface area contributed by atoms with Crippen LogP contribution in [-0.2, 0) is 9.59 Å². The van der Waals surface area contributed by atoms with Crippen LogP contribution in [0.2, 0.25) is 0 Å². The van der Waals surface area contributed by atoms with E-state index < -0.39 is 17.8 Å². The van der Waals surface area contributed by atoms with Gasteiger partial charge in [0.2, 0.25) is 0 Å². The minimum Gasteiger partial charge on any atom is -0.365 e. The van der Waals surface area contributed by atoms with Gasteiger partial charge in [-0.05, 0) is 6.08 Å². The number of hydrogen-bond acceptors (Lipinski definition) is 4. The molecule has 5 nitrogen and oxygen atoms in total. The Bertz CT molecular complexity index is 570. The molecule has 2 heterocycles. The summed E-state index contributed by atoms with van der Waals surface area (Å²) in [6.07, 6.45) is 8.28. The van der Waals surface area contributed by atoms with E-state index in [-0.39, 0.29) is 5.57 Å². The standard InChI is InChI=1S/C11H5N2O3S/c1-2-6-3-4-7(17-6)5-8-9(14)12-11(16)13-10(8)15/h3-5H,(H2,12,13,14,15,16)/q-1. The van der Waals surface area contributed by atoms with Crippen LogP contribution in [-0.4, -0.2) is 17.8 Å². The third kappa shape index (κ3) is 2.24. The normalized spacial score (nSPS) is 15.0. The van der Waals surface area contributed by atoms with E-state index in [9.17, 15) is 14.4 Å². The molecule has 1 aromatic rings. The van der Waals surface area contributed by atoms with Crippen LogP contribution >= 0.6 is 11.3 Å². The van der Waals surface area contributed by atoms with E-state index in [0.29, 0.717) is 9.75 Å². The highest BCUT2D eigenvalue weighted by molar-refractivity contribution is 7.13. The monoisotopic (exact) mass is 245 g/mol. The second-order valence-corrected chi connectivity index (χ2v) is 4.24. The number of amides is 4. The van der Waals surface area contributed by atoms with Crippen LogP contribution in [0.5, 0.6) is 0 Å². The Hall–Kier alpha value is -2.39. The van der Waals surface area contributed by atoms with Gasteiger partial charge >= 0.3 is 6.03 Å². The van der Waals surface area contributed by atoms with Crippen molar-refractivity contribution in [1.29, 1.82) is 0 Å². The molecule has 0 atom stereocenters. The maximum Gasteiger partial charge on any atom is 0.328 e. The molecule has 1 aliphatic heterocycles. The van der Waals surface area contributed by atoms with Crippen LogP contribution < -0.4 is 10.6 Å². The summed E-state index contributed by atoms with van der Waals surface area (Å²) in [4.78, 5) is 34.8. The van der Waals surface area contributed by atoms with E-state index in [1.54, 1.807) is 12.1 Å². The van der Waals surface area contributed by atoms with Gasteiger partial charge in [0, 0.05) is 4.88 Å². The Morgan fingerprint density at radius 2 is 1.82 bits per heavy atom. The fourth-order valence-electron chi connectivity index (χ4n) is 1.25. The fourth-order valence-corrected chi connectivity index (χ4v) is 2.00. The zero-order valence-corrected chi connectivity index (χ0v) is 9.18. The molecule has 84 valence electrons. The van der Waals surface area contributed by atoms with Crippen LogP contribution in [0.15, 0.2) is 17.7 Å². The quantitative estimate of drug-likeness (QED) is 0.326. The van der Waals surface area contributed by atoms with Gasteiger partial charge in [-0.25, -0.2) is 16.1 Å². The van der Waals surface area contributed by atoms with Gasteiger partial charge in [-0.15, -0.1) is 6.07 Å². The molecule has 6 heteroatoms. The minimum atomic E-state index is -0.822. The van der Waals surface area contributed by atoms with Crippen molar-refractivity contribution in [3.8, 4) is 5.92 Å². The predicted molar refractivity (Wildman–Crippen MR) is 60.2 cm³/mol. The zero-order chi connectivity index (χ0) is 12.4. The lowest BCUT2D eigenvalue weighted by molar-refractivity contribution is -0.123. The van der Waals surface area contributed by atoms with Crippen LogP contribution in [0.1, 0.15) is 9.75 Å². The lowest BCUT2D eigenvalue weighted by Gasteiger charge is -2.13. The molecule has 17 heavy (non-hydrogen) atoms. The van der Waals surface area contributed by atoms with Crippen molar-refractivity contribution in [2.75, 3.05) is 0 Å². The minimum absolute atomic E-state index is 0.136. The number of barbiturate groups is 1. The summed E-state index contributed by atoms with van der Waals surface area (Å²) in [5.41, 5.74) is -0.136. The van der Waals surface area contributed by atoms with Crippen molar-refractivity contribution in [1.82, 2.24) is 10.6 Å². The third-order valence-corrected chi connectivity index (χ3v) is 2.93. The average Bonchev–Trinajstić information content (AvgIpc) is 2.71. The smallest absolute Gasteiger partial charge is 0.328 e. The van der Waals surface area contributed by atoms with Crippen LogP contribution in [0, 0.1) is 12.3 Å². The number of carbonyl (C=O) groups excluding carboxylic acids is 3. The van der Waals surface area contributed by atoms with Crippen LogP contribution in [0.4, 0.5) is 4.79 Å². The maximum atomic E-state index is 11.4. The van der Waals surface area contributed by atoms with Crippen molar-refractivity contribution in [2.24, 2.45) is 0 Å². The number of urea groups is 1. The summed E-state index contributed by atoms with van der Waals surface area (Å²) < 4.78 is 0. The Labute approximate surface area is 101 Å². The highest BCUT2D eigenvalue weighted by atomic mass is 32.1. The van der Waals surface area contributed by atoms with E-state index in [1.165, 1.54) is 17.4 Å². The van der Waals surface area contributed by atoms with Gasteiger partial charge in [0.25, 0.3) is 11.8 Å². The van der Waals surface area contributed by atoms with Gasteiger partial charge in [0.05, 0.1) is 0 Å². The van der Waals surface area contributed by atoms with Gasteiger partial charge in [-0.1, -0.05) is 10.9 Å². The van der Waals surface area contributed by atoms with E-state index >= 15 is 0 Å². The van der Waals surface area contributed by atoms with Gasteiger partial charge in [0.15, 0.2) is 0 Å². The number of thiophene rings is 1. The Balaban J connectivity index is 2.33. The van der Waals surface area contributed by atoms with E-state index in [4.69, 9.17) is 6.42 Å². The van der Waals surface area contributed by atoms with Crippen molar-refractivity contribution in [2.45, 2.75) is 0 Å². The maximum absolute atomic E-state index is 11.4. The molecule has 2 rings (SSSR count). The molecular weight excluding hydrogens is 240 g/mol. The molecule has 0 unspecified atom stereocenters. The second-order valence-electron chi connectivity index (χ2n) is 3.12. The lowest BCUT2D eigenvalue weighted by atomic mass is 10.1. The Kier molecular flexibility index (Phi) is 2.77. The first-order valence-corrected chi connectivity index (χ1v) is 5.33. The SMILES string of the molecule is [C-]#Cc1ccc(C=C2C(=O)NC(=O)NC2=O)s1. The highest BCUT2D eigenvalue weighted by Gasteiger charge is 2.27. The van der Waals surface area contributed by atoms with E-state index in [0.717, 1.165) is 0 Å². The Morgan fingerprint density at radius 1 is 1.18 bits per heavy atom. The van der Waals surface area contributed by atoms with Crippen LogP contribution in [0.25, 0.3) is 6.08 Å². The first-order chi connectivity index (χ1) is 8.10. The number of nitrogens with one attached hydrogen (secondary N) is 2. The summed E-state index contributed by atoms with van der Waals surface area (Å²) in [6.45, 7) is 0.